The zero-order valence-corrected chi connectivity index (χ0v) is 18.8. The first-order chi connectivity index (χ1) is 14.3. The third kappa shape index (κ3) is 6.90. The third-order valence-corrected chi connectivity index (χ3v) is 5.24. The molecule has 0 fully saturated rings. The van der Waals surface area contributed by atoms with Crippen LogP contribution in [0.3, 0.4) is 0 Å². The molecule has 0 bridgehead atoms. The lowest BCUT2D eigenvalue weighted by Gasteiger charge is -2.31. The first-order valence-corrected chi connectivity index (χ1v) is 10.7. The molecular weight excluding hydrogens is 376 g/mol. The highest BCUT2D eigenvalue weighted by Gasteiger charge is 2.29. The van der Waals surface area contributed by atoms with Gasteiger partial charge < -0.3 is 15.0 Å². The molecule has 0 saturated carbocycles. The fraction of sp³-hybridized carbons (Fsp3) is 0.440. The number of aryl methyl sites for hydroxylation is 2. The Kier molecular flexibility index (Phi) is 8.90. The summed E-state index contributed by atoms with van der Waals surface area (Å²) in [5, 5.41) is 3.02. The molecule has 2 atom stereocenters. The fourth-order valence-corrected chi connectivity index (χ4v) is 3.11. The van der Waals surface area contributed by atoms with E-state index in [-0.39, 0.29) is 24.5 Å². The van der Waals surface area contributed by atoms with Gasteiger partial charge in [-0.1, -0.05) is 61.4 Å². The molecule has 5 nitrogen and oxygen atoms in total. The van der Waals surface area contributed by atoms with Crippen LogP contribution in [0.2, 0.25) is 0 Å². The van der Waals surface area contributed by atoms with E-state index in [0.717, 1.165) is 23.1 Å². The van der Waals surface area contributed by atoms with Crippen LogP contribution in [0.1, 0.15) is 50.3 Å². The van der Waals surface area contributed by atoms with E-state index < -0.39 is 6.04 Å². The molecule has 0 aliphatic heterocycles. The molecule has 1 N–H and O–H groups in total. The number of nitrogens with zero attached hydrogens (tertiary/aromatic N) is 1. The Balaban J connectivity index is 2.19. The van der Waals surface area contributed by atoms with Crippen LogP contribution in [-0.4, -0.2) is 35.4 Å². The van der Waals surface area contributed by atoms with Gasteiger partial charge in [-0.2, -0.15) is 0 Å². The molecule has 2 amide bonds. The van der Waals surface area contributed by atoms with Crippen molar-refractivity contribution < 1.29 is 14.3 Å². The number of hydrogen-bond acceptors (Lipinski definition) is 3. The number of ether oxygens (including phenoxy) is 1. The molecule has 0 aliphatic carbocycles. The predicted octanol–water partition coefficient (Wildman–Crippen LogP) is 4.40. The van der Waals surface area contributed by atoms with Crippen molar-refractivity contribution in [3.05, 3.63) is 65.2 Å². The Morgan fingerprint density at radius 2 is 1.50 bits per heavy atom. The molecule has 0 radical (unpaired) electrons. The molecule has 2 aromatic rings. The molecule has 0 unspecified atom stereocenters. The van der Waals surface area contributed by atoms with Gasteiger partial charge in [0.15, 0.2) is 6.61 Å². The van der Waals surface area contributed by atoms with Gasteiger partial charge in [0, 0.05) is 12.6 Å². The maximum absolute atomic E-state index is 13.1. The summed E-state index contributed by atoms with van der Waals surface area (Å²) in [7, 11) is 0. The highest BCUT2D eigenvalue weighted by Crippen LogP contribution is 2.16. The van der Waals surface area contributed by atoms with Gasteiger partial charge in [0.25, 0.3) is 5.91 Å². The quantitative estimate of drug-likeness (QED) is 0.631. The van der Waals surface area contributed by atoms with E-state index >= 15 is 0 Å². The zero-order chi connectivity index (χ0) is 22.1. The molecule has 162 valence electrons. The minimum Gasteiger partial charge on any atom is -0.484 e. The van der Waals surface area contributed by atoms with Crippen LogP contribution in [0.5, 0.6) is 5.75 Å². The summed E-state index contributed by atoms with van der Waals surface area (Å²) >= 11 is 0. The average molecular weight is 411 g/mol. The number of carbonyl (C=O) groups excluding carboxylic acids is 2. The van der Waals surface area contributed by atoms with E-state index in [9.17, 15) is 9.59 Å². The predicted molar refractivity (Wildman–Crippen MR) is 120 cm³/mol. The molecule has 0 saturated heterocycles. The Labute approximate surface area is 180 Å². The summed E-state index contributed by atoms with van der Waals surface area (Å²) in [6, 6.07) is 15.1. The van der Waals surface area contributed by atoms with Gasteiger partial charge in [0.2, 0.25) is 5.91 Å². The zero-order valence-electron chi connectivity index (χ0n) is 18.8. The van der Waals surface area contributed by atoms with Gasteiger partial charge in [0.1, 0.15) is 11.8 Å². The number of carbonyl (C=O) groups is 2. The number of nitrogens with one attached hydrogen (secondary N) is 1. The van der Waals surface area contributed by atoms with Crippen molar-refractivity contribution in [1.82, 2.24) is 10.2 Å². The molecule has 0 spiro atoms. The molecule has 0 heterocycles. The summed E-state index contributed by atoms with van der Waals surface area (Å²) in [5.41, 5.74) is 3.27. The number of benzene rings is 2. The van der Waals surface area contributed by atoms with Gasteiger partial charge in [-0.3, -0.25) is 9.59 Å². The molecule has 30 heavy (non-hydrogen) atoms. The van der Waals surface area contributed by atoms with E-state index in [1.54, 1.807) is 4.90 Å². The Hall–Kier alpha value is -2.82. The van der Waals surface area contributed by atoms with Crippen LogP contribution in [0.4, 0.5) is 0 Å². The standard InChI is InChI=1S/C25H34N2O3/c1-6-20(5)26-25(29)23(7-2)27(16-21-12-8-18(3)9-13-21)24(28)17-30-22-14-10-19(4)11-15-22/h8-15,20,23H,6-7,16-17H2,1-5H3,(H,26,29)/t20-,23+/m1/s1. The monoisotopic (exact) mass is 410 g/mol. The second-order valence-electron chi connectivity index (χ2n) is 7.85. The molecular formula is C25H34N2O3. The fourth-order valence-electron chi connectivity index (χ4n) is 3.11. The first kappa shape index (κ1) is 23.5. The van der Waals surface area contributed by atoms with Crippen molar-refractivity contribution in [2.75, 3.05) is 6.61 Å². The second-order valence-corrected chi connectivity index (χ2v) is 7.85. The summed E-state index contributed by atoms with van der Waals surface area (Å²) in [6.45, 7) is 10.2. The number of amides is 2. The van der Waals surface area contributed by atoms with Crippen LogP contribution in [0.25, 0.3) is 0 Å². The molecule has 2 rings (SSSR count). The molecule has 2 aromatic carbocycles. The van der Waals surface area contributed by atoms with Crippen LogP contribution in [-0.2, 0) is 16.1 Å². The topological polar surface area (TPSA) is 58.6 Å². The average Bonchev–Trinajstić information content (AvgIpc) is 2.74. The lowest BCUT2D eigenvalue weighted by atomic mass is 10.1. The summed E-state index contributed by atoms with van der Waals surface area (Å²) in [4.78, 5) is 27.7. The third-order valence-electron chi connectivity index (χ3n) is 5.24. The van der Waals surface area contributed by atoms with Crippen molar-refractivity contribution in [2.45, 2.75) is 66.1 Å². The van der Waals surface area contributed by atoms with Crippen molar-refractivity contribution in [1.29, 1.82) is 0 Å². The Morgan fingerprint density at radius 1 is 0.933 bits per heavy atom. The van der Waals surface area contributed by atoms with Crippen LogP contribution < -0.4 is 10.1 Å². The largest absolute Gasteiger partial charge is 0.484 e. The normalized spacial score (nSPS) is 12.7. The van der Waals surface area contributed by atoms with Crippen molar-refractivity contribution in [3.63, 3.8) is 0 Å². The SMILES string of the molecule is CC[C@@H](C)NC(=O)[C@H](CC)N(Cc1ccc(C)cc1)C(=O)COc1ccc(C)cc1. The second kappa shape index (κ2) is 11.4. The lowest BCUT2D eigenvalue weighted by Crippen LogP contribution is -2.51. The van der Waals surface area contributed by atoms with Gasteiger partial charge in [-0.15, -0.1) is 0 Å². The Bertz CT molecular complexity index is 815. The maximum Gasteiger partial charge on any atom is 0.261 e. The smallest absolute Gasteiger partial charge is 0.261 e. The van der Waals surface area contributed by atoms with E-state index in [1.807, 2.05) is 83.1 Å². The molecule has 0 aromatic heterocycles. The van der Waals surface area contributed by atoms with Crippen molar-refractivity contribution in [2.24, 2.45) is 0 Å². The van der Waals surface area contributed by atoms with E-state index in [0.29, 0.717) is 18.7 Å². The van der Waals surface area contributed by atoms with Gasteiger partial charge in [0.05, 0.1) is 0 Å². The van der Waals surface area contributed by atoms with E-state index in [2.05, 4.69) is 5.32 Å². The van der Waals surface area contributed by atoms with Gasteiger partial charge in [-0.25, -0.2) is 0 Å². The van der Waals surface area contributed by atoms with E-state index in [4.69, 9.17) is 4.74 Å². The minimum absolute atomic E-state index is 0.0617. The van der Waals surface area contributed by atoms with Crippen LogP contribution in [0.15, 0.2) is 48.5 Å². The maximum atomic E-state index is 13.1. The minimum atomic E-state index is -0.547. The van der Waals surface area contributed by atoms with Crippen molar-refractivity contribution in [3.8, 4) is 5.75 Å². The summed E-state index contributed by atoms with van der Waals surface area (Å²) in [5.74, 6) is 0.311. The molecule has 0 aliphatic rings. The number of hydrogen-bond donors (Lipinski definition) is 1. The van der Waals surface area contributed by atoms with E-state index in [1.165, 1.54) is 0 Å². The first-order valence-electron chi connectivity index (χ1n) is 10.7. The summed E-state index contributed by atoms with van der Waals surface area (Å²) in [6.07, 6.45) is 1.37. The van der Waals surface area contributed by atoms with Crippen molar-refractivity contribution >= 4 is 11.8 Å². The van der Waals surface area contributed by atoms with Crippen LogP contribution >= 0.6 is 0 Å². The van der Waals surface area contributed by atoms with Crippen LogP contribution in [0, 0.1) is 13.8 Å². The Morgan fingerprint density at radius 3 is 2.03 bits per heavy atom. The highest BCUT2D eigenvalue weighted by atomic mass is 16.5. The highest BCUT2D eigenvalue weighted by molar-refractivity contribution is 5.88. The lowest BCUT2D eigenvalue weighted by molar-refractivity contribution is -0.143. The number of rotatable bonds is 10. The summed E-state index contributed by atoms with van der Waals surface area (Å²) < 4.78 is 5.71. The van der Waals surface area contributed by atoms with Gasteiger partial charge >= 0.3 is 0 Å². The van der Waals surface area contributed by atoms with Gasteiger partial charge in [-0.05, 0) is 51.3 Å². The molecule has 5 heteroatoms.